The minimum Gasteiger partial charge on any atom is -0.383 e. The van der Waals surface area contributed by atoms with E-state index in [0.717, 1.165) is 10.2 Å². The molecule has 1 N–H and O–H groups in total. The second-order valence-corrected chi connectivity index (χ2v) is 4.19. The van der Waals surface area contributed by atoms with Crippen LogP contribution in [0.15, 0.2) is 18.2 Å². The average Bonchev–Trinajstić information content (AvgIpc) is 2.50. The van der Waals surface area contributed by atoms with Gasteiger partial charge in [-0.1, -0.05) is 11.3 Å². The van der Waals surface area contributed by atoms with Crippen molar-refractivity contribution < 1.29 is 9.13 Å². The number of nitrogens with one attached hydrogen (secondary N) is 1. The zero-order valence-electron chi connectivity index (χ0n) is 8.70. The van der Waals surface area contributed by atoms with Crippen LogP contribution < -0.4 is 4.80 Å². The number of ether oxygens (including phenoxy) is 1. The van der Waals surface area contributed by atoms with Crippen molar-refractivity contribution in [3.63, 3.8) is 0 Å². The molecule has 6 heteroatoms. The second-order valence-electron chi connectivity index (χ2n) is 3.16. The van der Waals surface area contributed by atoms with E-state index in [4.69, 9.17) is 10.1 Å². The number of thiazole rings is 1. The van der Waals surface area contributed by atoms with Gasteiger partial charge in [-0.05, 0) is 18.2 Å². The number of hydrogen-bond donors (Lipinski definition) is 1. The summed E-state index contributed by atoms with van der Waals surface area (Å²) < 4.78 is 20.5. The van der Waals surface area contributed by atoms with E-state index in [0.29, 0.717) is 18.0 Å². The van der Waals surface area contributed by atoms with Gasteiger partial charge in [0, 0.05) is 13.7 Å². The number of hydrogen-bond acceptors (Lipinski definition) is 3. The molecule has 2 rings (SSSR count). The normalized spacial score (nSPS) is 10.4. The second kappa shape index (κ2) is 5.56. The van der Waals surface area contributed by atoms with E-state index < -0.39 is 0 Å². The topological polar surface area (TPSA) is 38.0 Å². The molecule has 88 valence electrons. The predicted octanol–water partition coefficient (Wildman–Crippen LogP) is 2.55. The Labute approximate surface area is 107 Å². The maximum atomic E-state index is 12.9. The summed E-state index contributed by atoms with van der Waals surface area (Å²) in [4.78, 5) is 0.424. The van der Waals surface area contributed by atoms with Crippen LogP contribution in [-0.2, 0) is 11.3 Å². The van der Waals surface area contributed by atoms with Crippen LogP contribution in [0.1, 0.15) is 0 Å². The van der Waals surface area contributed by atoms with Crippen molar-refractivity contribution in [2.24, 2.45) is 0 Å². The van der Waals surface area contributed by atoms with Crippen molar-refractivity contribution >= 4 is 38.5 Å². The first kappa shape index (κ1) is 13.3. The van der Waals surface area contributed by atoms with Crippen molar-refractivity contribution in [1.29, 1.82) is 5.41 Å². The Balaban J connectivity index is 0.00000128. The lowest BCUT2D eigenvalue weighted by Gasteiger charge is -2.02. The minimum absolute atomic E-state index is 0. The first-order valence-corrected chi connectivity index (χ1v) is 5.36. The molecule has 2 aromatic rings. The molecule has 1 aromatic heterocycles. The average molecular weight is 307 g/mol. The van der Waals surface area contributed by atoms with Crippen molar-refractivity contribution in [3.05, 3.63) is 28.8 Å². The van der Waals surface area contributed by atoms with Crippen molar-refractivity contribution in [2.45, 2.75) is 6.54 Å². The Kier molecular flexibility index (Phi) is 4.64. The third-order valence-electron chi connectivity index (χ3n) is 2.18. The van der Waals surface area contributed by atoms with Crippen molar-refractivity contribution in [3.8, 4) is 0 Å². The molecule has 16 heavy (non-hydrogen) atoms. The van der Waals surface area contributed by atoms with E-state index in [9.17, 15) is 4.39 Å². The summed E-state index contributed by atoms with van der Waals surface area (Å²) in [5.74, 6) is -0.261. The summed E-state index contributed by atoms with van der Waals surface area (Å²) in [7, 11) is 1.62. The number of nitrogens with zero attached hydrogens (tertiary/aromatic N) is 1. The largest absolute Gasteiger partial charge is 0.383 e. The SMILES string of the molecule is Br.COCCn1c(=N)sc2cc(F)ccc21. The van der Waals surface area contributed by atoms with Gasteiger partial charge >= 0.3 is 0 Å². The molecule has 0 spiro atoms. The Morgan fingerprint density at radius 2 is 2.25 bits per heavy atom. The third kappa shape index (κ3) is 2.50. The van der Waals surface area contributed by atoms with Crippen LogP contribution in [0.5, 0.6) is 0 Å². The smallest absolute Gasteiger partial charge is 0.182 e. The lowest BCUT2D eigenvalue weighted by atomic mass is 10.3. The standard InChI is InChI=1S/C10H11FN2OS.BrH/c1-14-5-4-13-8-3-2-7(11)6-9(8)15-10(13)12;/h2-3,6,12H,4-5H2,1H3;1H. The van der Waals surface area contributed by atoms with Gasteiger partial charge in [0.25, 0.3) is 0 Å². The van der Waals surface area contributed by atoms with Gasteiger partial charge in [-0.15, -0.1) is 17.0 Å². The van der Waals surface area contributed by atoms with Crippen LogP contribution in [0, 0.1) is 11.2 Å². The van der Waals surface area contributed by atoms with E-state index in [1.165, 1.54) is 23.5 Å². The van der Waals surface area contributed by atoms with Gasteiger partial charge in [-0.3, -0.25) is 5.41 Å². The summed E-state index contributed by atoms with van der Waals surface area (Å²) in [6, 6.07) is 4.58. The van der Waals surface area contributed by atoms with Crippen molar-refractivity contribution in [2.75, 3.05) is 13.7 Å². The minimum atomic E-state index is -0.261. The van der Waals surface area contributed by atoms with E-state index >= 15 is 0 Å². The van der Waals surface area contributed by atoms with Gasteiger partial charge in [0.2, 0.25) is 0 Å². The molecule has 3 nitrogen and oxygen atoms in total. The highest BCUT2D eigenvalue weighted by Crippen LogP contribution is 2.18. The van der Waals surface area contributed by atoms with E-state index in [-0.39, 0.29) is 22.8 Å². The van der Waals surface area contributed by atoms with Gasteiger partial charge in [0.15, 0.2) is 4.80 Å². The fourth-order valence-electron chi connectivity index (χ4n) is 1.47. The summed E-state index contributed by atoms with van der Waals surface area (Å²) in [6.07, 6.45) is 0. The molecule has 0 saturated carbocycles. The van der Waals surface area contributed by atoms with Crippen molar-refractivity contribution in [1.82, 2.24) is 4.57 Å². The monoisotopic (exact) mass is 306 g/mol. The van der Waals surface area contributed by atoms with Crippen LogP contribution in [-0.4, -0.2) is 18.3 Å². The number of benzene rings is 1. The lowest BCUT2D eigenvalue weighted by Crippen LogP contribution is -2.15. The molecule has 0 saturated heterocycles. The molecule has 0 aliphatic rings. The van der Waals surface area contributed by atoms with Crippen LogP contribution in [0.4, 0.5) is 4.39 Å². The molecular weight excluding hydrogens is 295 g/mol. The molecule has 0 radical (unpaired) electrons. The molecule has 0 aliphatic carbocycles. The van der Waals surface area contributed by atoms with Crippen LogP contribution in [0.3, 0.4) is 0 Å². The Morgan fingerprint density at radius 3 is 2.94 bits per heavy atom. The Morgan fingerprint density at radius 1 is 1.50 bits per heavy atom. The quantitative estimate of drug-likeness (QED) is 0.930. The highest BCUT2D eigenvalue weighted by molar-refractivity contribution is 8.93. The van der Waals surface area contributed by atoms with Gasteiger partial charge < -0.3 is 9.30 Å². The van der Waals surface area contributed by atoms with E-state index in [1.807, 2.05) is 4.57 Å². The molecular formula is C10H12BrFN2OS. The number of methoxy groups -OCH3 is 1. The third-order valence-corrected chi connectivity index (χ3v) is 3.14. The van der Waals surface area contributed by atoms with Gasteiger partial charge in [-0.2, -0.15) is 0 Å². The molecule has 0 unspecified atom stereocenters. The zero-order chi connectivity index (χ0) is 10.8. The first-order valence-electron chi connectivity index (χ1n) is 4.55. The highest BCUT2D eigenvalue weighted by Gasteiger charge is 2.05. The number of fused-ring (bicyclic) bond motifs is 1. The Bertz CT molecular complexity index is 537. The first-order chi connectivity index (χ1) is 7.22. The summed E-state index contributed by atoms with van der Waals surface area (Å²) >= 11 is 1.28. The molecule has 0 amide bonds. The fraction of sp³-hybridized carbons (Fsp3) is 0.300. The van der Waals surface area contributed by atoms with Gasteiger partial charge in [0.05, 0.1) is 16.8 Å². The fourth-order valence-corrected chi connectivity index (χ4v) is 2.43. The zero-order valence-corrected chi connectivity index (χ0v) is 11.2. The Hall–Kier alpha value is -0.720. The number of aromatic nitrogens is 1. The molecule has 0 bridgehead atoms. The number of halogens is 2. The van der Waals surface area contributed by atoms with E-state index in [1.54, 1.807) is 13.2 Å². The lowest BCUT2D eigenvalue weighted by molar-refractivity contribution is 0.187. The predicted molar refractivity (Wildman–Crippen MR) is 67.8 cm³/mol. The van der Waals surface area contributed by atoms with Crippen LogP contribution in [0.2, 0.25) is 0 Å². The molecule has 0 atom stereocenters. The van der Waals surface area contributed by atoms with Crippen LogP contribution >= 0.6 is 28.3 Å². The van der Waals surface area contributed by atoms with Gasteiger partial charge in [-0.25, -0.2) is 4.39 Å². The molecule has 0 aliphatic heterocycles. The van der Waals surface area contributed by atoms with E-state index in [2.05, 4.69) is 0 Å². The van der Waals surface area contributed by atoms with Crippen LogP contribution in [0.25, 0.3) is 10.2 Å². The maximum Gasteiger partial charge on any atom is 0.182 e. The number of rotatable bonds is 3. The van der Waals surface area contributed by atoms with Gasteiger partial charge in [0.1, 0.15) is 5.82 Å². The summed E-state index contributed by atoms with van der Waals surface area (Å²) in [6.45, 7) is 1.18. The summed E-state index contributed by atoms with van der Waals surface area (Å²) in [5.41, 5.74) is 0.892. The molecule has 1 aromatic carbocycles. The highest BCUT2D eigenvalue weighted by atomic mass is 79.9. The molecule has 1 heterocycles. The summed E-state index contributed by atoms with van der Waals surface area (Å²) in [5, 5.41) is 7.75. The maximum absolute atomic E-state index is 12.9. The molecule has 0 fully saturated rings.